The summed E-state index contributed by atoms with van der Waals surface area (Å²) in [6.07, 6.45) is 0. The zero-order valence-electron chi connectivity index (χ0n) is 14.3. The van der Waals surface area contributed by atoms with Gasteiger partial charge in [-0.05, 0) is 37.4 Å². The Hall–Kier alpha value is -2.38. The zero-order valence-corrected chi connectivity index (χ0v) is 15.1. The predicted molar refractivity (Wildman–Crippen MR) is 99.5 cm³/mol. The van der Waals surface area contributed by atoms with Crippen LogP contribution in [0.4, 0.5) is 5.69 Å². The van der Waals surface area contributed by atoms with Crippen LogP contribution in [0.2, 0.25) is 0 Å². The highest BCUT2D eigenvalue weighted by Gasteiger charge is 2.08. The molecule has 0 heterocycles. The summed E-state index contributed by atoms with van der Waals surface area (Å²) in [5, 5.41) is 13.6. The lowest BCUT2D eigenvalue weighted by Gasteiger charge is -2.14. The zero-order chi connectivity index (χ0) is 18.2. The van der Waals surface area contributed by atoms with Crippen LogP contribution >= 0.6 is 11.8 Å². The lowest BCUT2D eigenvalue weighted by Crippen LogP contribution is -2.25. The summed E-state index contributed by atoms with van der Waals surface area (Å²) in [4.78, 5) is 25.1. The van der Waals surface area contributed by atoms with Gasteiger partial charge >= 0.3 is 0 Å². The van der Waals surface area contributed by atoms with Gasteiger partial charge in [0.25, 0.3) is 5.69 Å². The first kappa shape index (κ1) is 19.0. The molecule has 0 aromatic heterocycles. The van der Waals surface area contributed by atoms with Crippen molar-refractivity contribution in [2.75, 3.05) is 19.8 Å². The molecule has 2 aromatic rings. The molecule has 25 heavy (non-hydrogen) atoms. The number of nitrogens with zero attached hydrogens (tertiary/aromatic N) is 2. The Morgan fingerprint density at radius 2 is 1.76 bits per heavy atom. The normalized spacial score (nSPS) is 10.7. The second-order valence-electron chi connectivity index (χ2n) is 5.82. The Morgan fingerprint density at radius 3 is 2.36 bits per heavy atom. The van der Waals surface area contributed by atoms with Crippen molar-refractivity contribution in [1.29, 1.82) is 0 Å². The molecule has 0 fully saturated rings. The van der Waals surface area contributed by atoms with Crippen LogP contribution < -0.4 is 5.32 Å². The number of nitrogens with one attached hydrogen (secondary N) is 1. The summed E-state index contributed by atoms with van der Waals surface area (Å²) in [6.45, 7) is 1.31. The van der Waals surface area contributed by atoms with E-state index >= 15 is 0 Å². The number of nitro groups is 1. The van der Waals surface area contributed by atoms with Gasteiger partial charge in [-0.25, -0.2) is 0 Å². The molecule has 7 heteroatoms. The SMILES string of the molecule is CN(C)Cc1ccccc1CNC(=O)CSc1ccc([N+](=O)[O-])cc1. The molecule has 0 bridgehead atoms. The third-order valence-corrected chi connectivity index (χ3v) is 4.51. The second-order valence-corrected chi connectivity index (χ2v) is 6.87. The van der Waals surface area contributed by atoms with Crippen LogP contribution in [0.1, 0.15) is 11.1 Å². The van der Waals surface area contributed by atoms with E-state index in [4.69, 9.17) is 0 Å². The fraction of sp³-hybridized carbons (Fsp3) is 0.278. The number of benzene rings is 2. The molecule has 1 N–H and O–H groups in total. The van der Waals surface area contributed by atoms with E-state index in [2.05, 4.69) is 16.3 Å². The van der Waals surface area contributed by atoms with Gasteiger partial charge in [0.15, 0.2) is 0 Å². The summed E-state index contributed by atoms with van der Waals surface area (Å²) in [6, 6.07) is 14.2. The molecule has 6 nitrogen and oxygen atoms in total. The molecule has 0 aliphatic heterocycles. The van der Waals surface area contributed by atoms with Gasteiger partial charge in [0.05, 0.1) is 10.7 Å². The molecule has 0 saturated heterocycles. The van der Waals surface area contributed by atoms with Crippen molar-refractivity contribution < 1.29 is 9.72 Å². The van der Waals surface area contributed by atoms with Gasteiger partial charge in [-0.3, -0.25) is 14.9 Å². The molecule has 2 rings (SSSR count). The van der Waals surface area contributed by atoms with Gasteiger partial charge in [-0.2, -0.15) is 0 Å². The van der Waals surface area contributed by atoms with Crippen LogP contribution in [0.15, 0.2) is 53.4 Å². The Bertz CT molecular complexity index is 733. The van der Waals surface area contributed by atoms with Crippen LogP contribution in [-0.2, 0) is 17.9 Å². The van der Waals surface area contributed by atoms with Gasteiger partial charge in [-0.1, -0.05) is 24.3 Å². The minimum atomic E-state index is -0.438. The first-order chi connectivity index (χ1) is 12.0. The molecule has 132 valence electrons. The summed E-state index contributed by atoms with van der Waals surface area (Å²) in [5.41, 5.74) is 2.34. The molecule has 0 unspecified atom stereocenters. The highest BCUT2D eigenvalue weighted by molar-refractivity contribution is 8.00. The van der Waals surface area contributed by atoms with E-state index in [-0.39, 0.29) is 17.3 Å². The number of rotatable bonds is 8. The van der Waals surface area contributed by atoms with E-state index in [0.29, 0.717) is 6.54 Å². The fourth-order valence-electron chi connectivity index (χ4n) is 2.28. The smallest absolute Gasteiger partial charge is 0.269 e. The monoisotopic (exact) mass is 359 g/mol. The topological polar surface area (TPSA) is 75.5 Å². The van der Waals surface area contributed by atoms with E-state index in [0.717, 1.165) is 17.0 Å². The maximum absolute atomic E-state index is 12.0. The average Bonchev–Trinajstić information content (AvgIpc) is 2.59. The third kappa shape index (κ3) is 6.21. The summed E-state index contributed by atoms with van der Waals surface area (Å²) < 4.78 is 0. The van der Waals surface area contributed by atoms with E-state index in [9.17, 15) is 14.9 Å². The summed E-state index contributed by atoms with van der Waals surface area (Å²) >= 11 is 1.36. The average molecular weight is 359 g/mol. The maximum atomic E-state index is 12.0. The molecule has 2 aromatic carbocycles. The van der Waals surface area contributed by atoms with Crippen molar-refractivity contribution in [3.05, 3.63) is 69.8 Å². The van der Waals surface area contributed by atoms with E-state index in [1.54, 1.807) is 12.1 Å². The number of hydrogen-bond acceptors (Lipinski definition) is 5. The second kappa shape index (κ2) is 9.19. The van der Waals surface area contributed by atoms with Crippen LogP contribution in [0.25, 0.3) is 0 Å². The van der Waals surface area contributed by atoms with Crippen LogP contribution in [0.3, 0.4) is 0 Å². The summed E-state index contributed by atoms with van der Waals surface area (Å²) in [5.74, 6) is 0.205. The number of amides is 1. The van der Waals surface area contributed by atoms with Gasteiger partial charge in [-0.15, -0.1) is 11.8 Å². The fourth-order valence-corrected chi connectivity index (χ4v) is 3.01. The number of non-ortho nitro benzene ring substituents is 1. The van der Waals surface area contributed by atoms with Gasteiger partial charge in [0.1, 0.15) is 0 Å². The largest absolute Gasteiger partial charge is 0.351 e. The van der Waals surface area contributed by atoms with Gasteiger partial charge in [0, 0.05) is 30.1 Å². The van der Waals surface area contributed by atoms with Crippen LogP contribution in [0.5, 0.6) is 0 Å². The van der Waals surface area contributed by atoms with E-state index in [1.807, 2.05) is 32.3 Å². The van der Waals surface area contributed by atoms with Crippen molar-refractivity contribution in [2.24, 2.45) is 0 Å². The van der Waals surface area contributed by atoms with Crippen molar-refractivity contribution in [3.63, 3.8) is 0 Å². The standard InChI is InChI=1S/C18H21N3O3S/c1-20(2)12-15-6-4-3-5-14(15)11-19-18(22)13-25-17-9-7-16(8-10-17)21(23)24/h3-10H,11-13H2,1-2H3,(H,19,22). The number of carbonyl (C=O) groups excluding carboxylic acids is 1. The van der Waals surface area contributed by atoms with Crippen molar-refractivity contribution in [2.45, 2.75) is 18.0 Å². The van der Waals surface area contributed by atoms with E-state index in [1.165, 1.54) is 29.5 Å². The Balaban J connectivity index is 1.84. The Labute approximate surface area is 151 Å². The molecular formula is C18H21N3O3S. The van der Waals surface area contributed by atoms with E-state index < -0.39 is 4.92 Å². The van der Waals surface area contributed by atoms with Crippen molar-refractivity contribution >= 4 is 23.4 Å². The Morgan fingerprint density at radius 1 is 1.12 bits per heavy atom. The predicted octanol–water partition coefficient (Wildman–Crippen LogP) is 3.06. The first-order valence-electron chi connectivity index (χ1n) is 7.81. The van der Waals surface area contributed by atoms with Crippen molar-refractivity contribution in [3.8, 4) is 0 Å². The van der Waals surface area contributed by atoms with Gasteiger partial charge in [0.2, 0.25) is 5.91 Å². The van der Waals surface area contributed by atoms with Crippen LogP contribution in [-0.4, -0.2) is 35.6 Å². The summed E-state index contributed by atoms with van der Waals surface area (Å²) in [7, 11) is 4.02. The lowest BCUT2D eigenvalue weighted by atomic mass is 10.1. The third-order valence-electron chi connectivity index (χ3n) is 3.50. The Kier molecular flexibility index (Phi) is 6.97. The quantitative estimate of drug-likeness (QED) is 0.445. The highest BCUT2D eigenvalue weighted by Crippen LogP contribution is 2.21. The molecule has 0 saturated carbocycles. The highest BCUT2D eigenvalue weighted by atomic mass is 32.2. The minimum absolute atomic E-state index is 0.0475. The number of hydrogen-bond donors (Lipinski definition) is 1. The molecular weight excluding hydrogens is 338 g/mol. The number of carbonyl (C=O) groups is 1. The minimum Gasteiger partial charge on any atom is -0.351 e. The first-order valence-corrected chi connectivity index (χ1v) is 8.79. The lowest BCUT2D eigenvalue weighted by molar-refractivity contribution is -0.384. The van der Waals surface area contributed by atoms with Gasteiger partial charge < -0.3 is 10.2 Å². The maximum Gasteiger partial charge on any atom is 0.269 e. The number of nitro benzene ring substituents is 1. The molecule has 1 amide bonds. The molecule has 0 aliphatic rings. The molecule has 0 aliphatic carbocycles. The molecule has 0 atom stereocenters. The molecule has 0 radical (unpaired) electrons. The number of thioether (sulfide) groups is 1. The molecule has 0 spiro atoms. The van der Waals surface area contributed by atoms with Crippen molar-refractivity contribution in [1.82, 2.24) is 10.2 Å². The van der Waals surface area contributed by atoms with Crippen LogP contribution in [0, 0.1) is 10.1 Å².